The molecule has 0 spiro atoms. The van der Waals surface area contributed by atoms with Crippen LogP contribution in [0.15, 0.2) is 86.2 Å². The number of amides is 1. The fourth-order valence-corrected chi connectivity index (χ4v) is 7.25. The third kappa shape index (κ3) is 7.46. The van der Waals surface area contributed by atoms with Crippen LogP contribution in [-0.4, -0.2) is 43.0 Å². The quantitative estimate of drug-likeness (QED) is 0.223. The van der Waals surface area contributed by atoms with Gasteiger partial charge in [0.05, 0.1) is 40.7 Å². The minimum Gasteiger partial charge on any atom is -0.408 e. The first kappa shape index (κ1) is 34.8. The molecule has 2 aliphatic rings. The fourth-order valence-electron chi connectivity index (χ4n) is 5.89. The molecule has 1 fully saturated rings. The monoisotopic (exact) mass is 675 g/mol. The number of aromatic nitrogens is 2. The number of primary amides is 1. The second kappa shape index (κ2) is 13.9. The van der Waals surface area contributed by atoms with E-state index >= 15 is 0 Å². The van der Waals surface area contributed by atoms with Gasteiger partial charge >= 0.3 is 5.76 Å². The van der Waals surface area contributed by atoms with Crippen LogP contribution in [0.4, 0.5) is 8.78 Å². The van der Waals surface area contributed by atoms with E-state index in [-0.39, 0.29) is 57.3 Å². The van der Waals surface area contributed by atoms with Crippen LogP contribution in [0.2, 0.25) is 11.6 Å². The molecule has 0 bridgehead atoms. The van der Waals surface area contributed by atoms with Gasteiger partial charge in [0.25, 0.3) is 0 Å². The van der Waals surface area contributed by atoms with Crippen molar-refractivity contribution in [3.05, 3.63) is 116 Å². The van der Waals surface area contributed by atoms with Gasteiger partial charge in [-0.2, -0.15) is 0 Å². The number of allylic oxidation sites excluding steroid dienone is 2. The van der Waals surface area contributed by atoms with Crippen molar-refractivity contribution in [1.29, 1.82) is 0 Å². The number of oxazole rings is 1. The Hall–Kier alpha value is -4.52. The van der Waals surface area contributed by atoms with Gasteiger partial charge in [0.15, 0.2) is 15.4 Å². The molecule has 251 valence electrons. The van der Waals surface area contributed by atoms with Gasteiger partial charge in [-0.1, -0.05) is 57.3 Å². The maximum atomic E-state index is 13.6. The highest BCUT2D eigenvalue weighted by molar-refractivity contribution is 7.95. The molecule has 0 aliphatic carbocycles. The third-order valence-corrected chi connectivity index (χ3v) is 10.2. The number of halogens is 2. The third-order valence-electron chi connectivity index (χ3n) is 8.43. The van der Waals surface area contributed by atoms with Crippen molar-refractivity contribution in [2.24, 2.45) is 11.7 Å². The molecule has 4 aromatic rings. The maximum Gasteiger partial charge on any atom is 0.420 e. The number of nitrogens with two attached hydrogens (primary N) is 1. The molecule has 3 unspecified atom stereocenters. The van der Waals surface area contributed by atoms with E-state index in [9.17, 15) is 26.8 Å². The van der Waals surface area contributed by atoms with Crippen LogP contribution >= 0.6 is 0 Å². The topological polar surface area (TPSA) is 137 Å². The SMILES string of the molecule is CCS(=O)(=O)C1=C(C2[B]C2C)NC(CC(C)C)C(C(N)=O)=C1c1ccc2c(c1)oc(=O)n2Cc1ccc(F)cn1.Cc1ccc(F)cc1. The van der Waals surface area contributed by atoms with Gasteiger partial charge < -0.3 is 15.5 Å². The lowest BCUT2D eigenvalue weighted by Crippen LogP contribution is -2.42. The van der Waals surface area contributed by atoms with Gasteiger partial charge in [0, 0.05) is 16.8 Å². The highest BCUT2D eigenvalue weighted by atomic mass is 32.2. The number of carbonyl (C=O) groups excluding carboxylic acids is 1. The summed E-state index contributed by atoms with van der Waals surface area (Å²) in [6, 6.07) is 13.5. The van der Waals surface area contributed by atoms with Crippen molar-refractivity contribution >= 4 is 39.7 Å². The average molecular weight is 676 g/mol. The number of hydrogen-bond acceptors (Lipinski definition) is 7. The van der Waals surface area contributed by atoms with Gasteiger partial charge in [0.1, 0.15) is 18.9 Å². The summed E-state index contributed by atoms with van der Waals surface area (Å²) in [5.41, 5.74) is 9.56. The van der Waals surface area contributed by atoms with E-state index in [1.165, 1.54) is 28.8 Å². The minimum absolute atomic E-state index is 0.0516. The molecule has 1 saturated heterocycles. The van der Waals surface area contributed by atoms with Gasteiger partial charge in [-0.3, -0.25) is 14.3 Å². The molecule has 9 nitrogen and oxygen atoms in total. The molecule has 13 heteroatoms. The zero-order chi connectivity index (χ0) is 34.9. The Kier molecular flexibility index (Phi) is 10.1. The summed E-state index contributed by atoms with van der Waals surface area (Å²) in [6.45, 7) is 9.60. The second-order valence-corrected chi connectivity index (χ2v) is 14.8. The van der Waals surface area contributed by atoms with Gasteiger partial charge in [-0.15, -0.1) is 0 Å². The van der Waals surface area contributed by atoms with Crippen molar-refractivity contribution in [2.75, 3.05) is 5.75 Å². The standard InChI is InChI=1S/C28H31BFN4O5S.C7H7F/c1-5-40(37,38)26-22(23(27(31)35)19(10-14(2)3)33-25(26)24-15(4)29-24)16-6-9-20-21(11-16)39-28(36)34(20)13-18-8-7-17(30)12-32-18;1-6-2-4-7(8)5-3-6/h6-9,11-12,14-15,19,24,33H,5,10,13H2,1-4H3,(H2,31,35);2-5H,1H3. The molecule has 48 heavy (non-hydrogen) atoms. The first-order chi connectivity index (χ1) is 22.7. The van der Waals surface area contributed by atoms with Crippen molar-refractivity contribution in [3.63, 3.8) is 0 Å². The normalized spacial score (nSPS) is 19.1. The number of pyridine rings is 1. The lowest BCUT2D eigenvalue weighted by atomic mass is 9.84. The highest BCUT2D eigenvalue weighted by Gasteiger charge is 2.46. The number of sulfone groups is 1. The number of nitrogens with one attached hydrogen (secondary N) is 1. The summed E-state index contributed by atoms with van der Waals surface area (Å²) in [4.78, 5) is 29.9. The Morgan fingerprint density at radius 2 is 1.77 bits per heavy atom. The van der Waals surface area contributed by atoms with E-state index < -0.39 is 33.4 Å². The first-order valence-electron chi connectivity index (χ1n) is 15.8. The number of fused-ring (bicyclic) bond motifs is 1. The van der Waals surface area contributed by atoms with Gasteiger partial charge in [0.2, 0.25) is 5.91 Å². The molecule has 0 saturated carbocycles. The molecule has 6 rings (SSSR count). The van der Waals surface area contributed by atoms with Gasteiger partial charge in [-0.25, -0.2) is 22.0 Å². The number of aryl methyl sites for hydroxylation is 1. The maximum absolute atomic E-state index is 13.6. The highest BCUT2D eigenvalue weighted by Crippen LogP contribution is 2.52. The number of nitrogens with zero attached hydrogens (tertiary/aromatic N) is 2. The van der Waals surface area contributed by atoms with E-state index in [1.807, 2.05) is 27.7 Å². The Bertz CT molecular complexity index is 2050. The Balaban J connectivity index is 0.000000494. The Morgan fingerprint density at radius 3 is 2.31 bits per heavy atom. The molecular formula is C35H38BF2N4O5S. The van der Waals surface area contributed by atoms with E-state index in [4.69, 9.17) is 10.2 Å². The summed E-state index contributed by atoms with van der Waals surface area (Å²) < 4.78 is 59.5. The minimum atomic E-state index is -3.82. The molecule has 1 amide bonds. The number of hydrogen-bond donors (Lipinski definition) is 2. The molecular weight excluding hydrogens is 637 g/mol. The smallest absolute Gasteiger partial charge is 0.408 e. The summed E-state index contributed by atoms with van der Waals surface area (Å²) in [6.07, 6.45) is 1.63. The summed E-state index contributed by atoms with van der Waals surface area (Å²) in [5, 5.41) is 3.38. The summed E-state index contributed by atoms with van der Waals surface area (Å²) >= 11 is 0. The average Bonchev–Trinajstić information content (AvgIpc) is 3.69. The Labute approximate surface area is 279 Å². The zero-order valence-electron chi connectivity index (χ0n) is 27.5. The largest absolute Gasteiger partial charge is 0.420 e. The molecule has 3 atom stereocenters. The molecule has 1 radical (unpaired) electrons. The van der Waals surface area contributed by atoms with E-state index in [2.05, 4.69) is 17.6 Å². The Morgan fingerprint density at radius 1 is 1.10 bits per heavy atom. The second-order valence-electron chi connectivity index (χ2n) is 12.6. The van der Waals surface area contributed by atoms with Crippen molar-refractivity contribution < 1.29 is 26.4 Å². The van der Waals surface area contributed by atoms with Crippen LogP contribution in [0, 0.1) is 24.5 Å². The predicted molar refractivity (Wildman–Crippen MR) is 183 cm³/mol. The summed E-state index contributed by atoms with van der Waals surface area (Å²) in [5.74, 6) is -1.93. The number of benzene rings is 2. The summed E-state index contributed by atoms with van der Waals surface area (Å²) in [7, 11) is -1.77. The van der Waals surface area contributed by atoms with Crippen molar-refractivity contribution in [2.45, 2.75) is 65.3 Å². The lowest BCUT2D eigenvalue weighted by molar-refractivity contribution is -0.114. The van der Waals surface area contributed by atoms with E-state index in [0.717, 1.165) is 11.8 Å². The number of carbonyl (C=O) groups is 1. The van der Waals surface area contributed by atoms with Gasteiger partial charge in [-0.05, 0) is 67.0 Å². The molecule has 2 aliphatic heterocycles. The predicted octanol–water partition coefficient (Wildman–Crippen LogP) is 5.53. The van der Waals surface area contributed by atoms with Crippen LogP contribution in [0.5, 0.6) is 0 Å². The fraction of sp³-hybridized carbons (Fsp3) is 0.343. The molecule has 3 N–H and O–H groups in total. The molecule has 4 heterocycles. The number of rotatable bonds is 9. The zero-order valence-corrected chi connectivity index (χ0v) is 28.3. The van der Waals surface area contributed by atoms with Crippen LogP contribution < -0.4 is 16.8 Å². The van der Waals surface area contributed by atoms with Crippen LogP contribution in [0.25, 0.3) is 16.7 Å². The van der Waals surface area contributed by atoms with E-state index in [1.54, 1.807) is 37.3 Å². The van der Waals surface area contributed by atoms with Crippen molar-refractivity contribution in [3.8, 4) is 0 Å². The molecule has 2 aromatic carbocycles. The number of dihydropyridines is 1. The van der Waals surface area contributed by atoms with Crippen LogP contribution in [-0.2, 0) is 21.2 Å². The van der Waals surface area contributed by atoms with E-state index in [0.29, 0.717) is 28.9 Å². The lowest BCUT2D eigenvalue weighted by Gasteiger charge is -2.34. The van der Waals surface area contributed by atoms with Crippen molar-refractivity contribution in [1.82, 2.24) is 14.9 Å². The first-order valence-corrected chi connectivity index (χ1v) is 17.4. The van der Waals surface area contributed by atoms with Crippen LogP contribution in [0.3, 0.4) is 0 Å². The van der Waals surface area contributed by atoms with Crippen LogP contribution in [0.1, 0.15) is 50.9 Å². The molecule has 2 aromatic heterocycles.